The topological polar surface area (TPSA) is 9.23 Å². The third kappa shape index (κ3) is 2.31. The largest absolute Gasteiger partial charge is 0.496 e. The van der Waals surface area contributed by atoms with E-state index in [1.807, 2.05) is 20.8 Å². The van der Waals surface area contributed by atoms with Crippen LogP contribution in [0.2, 0.25) is 0 Å². The zero-order valence-electron chi connectivity index (χ0n) is 9.77. The quantitative estimate of drug-likeness (QED) is 0.746. The Morgan fingerprint density at radius 1 is 1.19 bits per heavy atom. The highest BCUT2D eigenvalue weighted by molar-refractivity contribution is 5.46. The average molecular weight is 232 g/mol. The Balaban J connectivity index is 3.49. The molecule has 0 unspecified atom stereocenters. The predicted octanol–water partition coefficient (Wildman–Crippen LogP) is 4.07. The molecule has 0 bridgehead atoms. The van der Waals surface area contributed by atoms with Crippen LogP contribution in [-0.2, 0) is 5.41 Å². The second-order valence-corrected chi connectivity index (χ2v) is 4.59. The molecule has 0 aliphatic rings. The maximum atomic E-state index is 13.3. The van der Waals surface area contributed by atoms with E-state index in [1.165, 1.54) is 13.2 Å². The Labute approximate surface area is 93.2 Å². The van der Waals surface area contributed by atoms with Gasteiger partial charge in [-0.25, -0.2) is 13.2 Å². The first-order valence-electron chi connectivity index (χ1n) is 4.94. The van der Waals surface area contributed by atoms with Gasteiger partial charge in [0.25, 0.3) is 6.43 Å². The van der Waals surface area contributed by atoms with Gasteiger partial charge in [-0.2, -0.15) is 0 Å². The summed E-state index contributed by atoms with van der Waals surface area (Å²) in [5.41, 5.74) is -0.454. The highest BCUT2D eigenvalue weighted by Gasteiger charge is 2.27. The molecule has 0 heterocycles. The fourth-order valence-electron chi connectivity index (χ4n) is 1.59. The molecule has 1 aromatic carbocycles. The molecule has 0 N–H and O–H groups in total. The van der Waals surface area contributed by atoms with Gasteiger partial charge in [0.05, 0.1) is 12.7 Å². The summed E-state index contributed by atoms with van der Waals surface area (Å²) >= 11 is 0. The highest BCUT2D eigenvalue weighted by Crippen LogP contribution is 2.39. The molecule has 0 saturated carbocycles. The van der Waals surface area contributed by atoms with Crippen LogP contribution in [0.15, 0.2) is 12.1 Å². The number of benzene rings is 1. The lowest BCUT2D eigenvalue weighted by atomic mass is 9.85. The van der Waals surface area contributed by atoms with E-state index in [-0.39, 0.29) is 11.2 Å². The molecule has 1 aromatic rings. The first kappa shape index (κ1) is 12.9. The van der Waals surface area contributed by atoms with Crippen molar-refractivity contribution in [3.05, 3.63) is 29.1 Å². The monoisotopic (exact) mass is 232 g/mol. The predicted molar refractivity (Wildman–Crippen MR) is 56.6 cm³/mol. The molecule has 0 radical (unpaired) electrons. The molecule has 4 heteroatoms. The zero-order valence-corrected chi connectivity index (χ0v) is 9.77. The van der Waals surface area contributed by atoms with E-state index in [0.29, 0.717) is 5.56 Å². The molecule has 0 aliphatic carbocycles. The Morgan fingerprint density at radius 2 is 1.75 bits per heavy atom. The van der Waals surface area contributed by atoms with Crippen LogP contribution in [0.1, 0.15) is 38.3 Å². The van der Waals surface area contributed by atoms with Crippen LogP contribution in [0, 0.1) is 5.82 Å². The van der Waals surface area contributed by atoms with Gasteiger partial charge in [-0.3, -0.25) is 0 Å². The second-order valence-electron chi connectivity index (χ2n) is 4.59. The van der Waals surface area contributed by atoms with Crippen molar-refractivity contribution < 1.29 is 17.9 Å². The summed E-state index contributed by atoms with van der Waals surface area (Å²) in [5, 5.41) is 0. The highest BCUT2D eigenvalue weighted by atomic mass is 19.3. The van der Waals surface area contributed by atoms with Gasteiger partial charge in [-0.1, -0.05) is 26.8 Å². The molecule has 1 rings (SSSR count). The summed E-state index contributed by atoms with van der Waals surface area (Å²) in [4.78, 5) is 0. The average Bonchev–Trinajstić information content (AvgIpc) is 2.14. The Morgan fingerprint density at radius 3 is 2.12 bits per heavy atom. The number of alkyl halides is 2. The fraction of sp³-hybridized carbons (Fsp3) is 0.500. The van der Waals surface area contributed by atoms with E-state index in [0.717, 1.165) is 6.07 Å². The van der Waals surface area contributed by atoms with Crippen molar-refractivity contribution >= 4 is 0 Å². The molecular weight excluding hydrogens is 217 g/mol. The fourth-order valence-corrected chi connectivity index (χ4v) is 1.59. The number of ether oxygens (including phenoxy) is 1. The SMILES string of the molecule is COc1c(C(C)(C)C)ccc(F)c1C(F)F. The number of halogens is 3. The Bertz CT molecular complexity index is 381. The molecule has 0 aliphatic heterocycles. The third-order valence-electron chi connectivity index (χ3n) is 2.37. The van der Waals surface area contributed by atoms with Gasteiger partial charge >= 0.3 is 0 Å². The van der Waals surface area contributed by atoms with E-state index in [4.69, 9.17) is 4.74 Å². The van der Waals surface area contributed by atoms with Gasteiger partial charge in [0, 0.05) is 5.56 Å². The number of rotatable bonds is 2. The van der Waals surface area contributed by atoms with Crippen molar-refractivity contribution in [2.24, 2.45) is 0 Å². The lowest BCUT2D eigenvalue weighted by molar-refractivity contribution is 0.141. The second kappa shape index (κ2) is 4.36. The van der Waals surface area contributed by atoms with Crippen molar-refractivity contribution in [3.63, 3.8) is 0 Å². The van der Waals surface area contributed by atoms with E-state index in [2.05, 4.69) is 0 Å². The van der Waals surface area contributed by atoms with Gasteiger partial charge in [-0.05, 0) is 11.5 Å². The molecule has 1 nitrogen and oxygen atoms in total. The van der Waals surface area contributed by atoms with E-state index in [9.17, 15) is 13.2 Å². The maximum absolute atomic E-state index is 13.3. The van der Waals surface area contributed by atoms with E-state index < -0.39 is 17.8 Å². The summed E-state index contributed by atoms with van der Waals surface area (Å²) in [6.45, 7) is 5.58. The van der Waals surface area contributed by atoms with Gasteiger partial charge in [0.15, 0.2) is 0 Å². The zero-order chi connectivity index (χ0) is 12.5. The smallest absolute Gasteiger partial charge is 0.270 e. The summed E-state index contributed by atoms with van der Waals surface area (Å²) in [6, 6.07) is 2.55. The van der Waals surface area contributed by atoms with Crippen LogP contribution < -0.4 is 4.74 Å². The molecule has 0 amide bonds. The normalized spacial score (nSPS) is 12.0. The van der Waals surface area contributed by atoms with Gasteiger partial charge < -0.3 is 4.74 Å². The van der Waals surface area contributed by atoms with E-state index >= 15 is 0 Å². The molecule has 90 valence electrons. The molecule has 0 fully saturated rings. The number of methoxy groups -OCH3 is 1. The Kier molecular flexibility index (Phi) is 3.51. The first-order valence-corrected chi connectivity index (χ1v) is 4.94. The summed E-state index contributed by atoms with van der Waals surface area (Å²) in [7, 11) is 1.27. The minimum absolute atomic E-state index is 0.0532. The molecule has 16 heavy (non-hydrogen) atoms. The third-order valence-corrected chi connectivity index (χ3v) is 2.37. The van der Waals surface area contributed by atoms with Gasteiger partial charge in [-0.15, -0.1) is 0 Å². The van der Waals surface area contributed by atoms with Crippen LogP contribution in [0.25, 0.3) is 0 Å². The minimum atomic E-state index is -2.88. The lowest BCUT2D eigenvalue weighted by Crippen LogP contribution is -2.14. The standard InChI is InChI=1S/C12H15F3O/c1-12(2,3)7-5-6-8(13)9(11(14)15)10(7)16-4/h5-6,11H,1-4H3. The summed E-state index contributed by atoms with van der Waals surface area (Å²) in [6.07, 6.45) is -2.88. The van der Waals surface area contributed by atoms with Crippen LogP contribution in [0.4, 0.5) is 13.2 Å². The molecule has 0 aromatic heterocycles. The molecular formula is C12H15F3O. The Hall–Kier alpha value is -1.19. The van der Waals surface area contributed by atoms with Crippen molar-refractivity contribution in [2.45, 2.75) is 32.6 Å². The van der Waals surface area contributed by atoms with Crippen LogP contribution in [0.3, 0.4) is 0 Å². The van der Waals surface area contributed by atoms with E-state index in [1.54, 1.807) is 0 Å². The van der Waals surface area contributed by atoms with Crippen LogP contribution >= 0.6 is 0 Å². The van der Waals surface area contributed by atoms with Crippen LogP contribution in [0.5, 0.6) is 5.75 Å². The van der Waals surface area contributed by atoms with Crippen molar-refractivity contribution in [2.75, 3.05) is 7.11 Å². The molecule has 0 atom stereocenters. The number of hydrogen-bond donors (Lipinski definition) is 0. The number of hydrogen-bond acceptors (Lipinski definition) is 1. The van der Waals surface area contributed by atoms with Gasteiger partial charge in [0.2, 0.25) is 0 Å². The van der Waals surface area contributed by atoms with Crippen LogP contribution in [-0.4, -0.2) is 7.11 Å². The molecule has 0 saturated heterocycles. The minimum Gasteiger partial charge on any atom is -0.496 e. The van der Waals surface area contributed by atoms with Crippen molar-refractivity contribution in [3.8, 4) is 5.75 Å². The van der Waals surface area contributed by atoms with Gasteiger partial charge in [0.1, 0.15) is 11.6 Å². The maximum Gasteiger partial charge on any atom is 0.270 e. The summed E-state index contributed by atoms with van der Waals surface area (Å²) < 4.78 is 43.7. The first-order chi connectivity index (χ1) is 7.29. The summed E-state index contributed by atoms with van der Waals surface area (Å²) in [5.74, 6) is -0.984. The van der Waals surface area contributed by atoms with Crippen molar-refractivity contribution in [1.29, 1.82) is 0 Å². The van der Waals surface area contributed by atoms with Crippen molar-refractivity contribution in [1.82, 2.24) is 0 Å². The lowest BCUT2D eigenvalue weighted by Gasteiger charge is -2.24. The molecule has 0 spiro atoms.